The van der Waals surface area contributed by atoms with Crippen molar-refractivity contribution in [1.82, 2.24) is 10.2 Å². The van der Waals surface area contributed by atoms with E-state index in [0.717, 1.165) is 13.1 Å². The van der Waals surface area contributed by atoms with Crippen LogP contribution in [0.2, 0.25) is 0 Å². The molecule has 4 heteroatoms. The first-order valence-electron chi connectivity index (χ1n) is 7.35. The van der Waals surface area contributed by atoms with Crippen LogP contribution in [0.1, 0.15) is 54.4 Å². The van der Waals surface area contributed by atoms with Crippen LogP contribution in [0.5, 0.6) is 0 Å². The molecule has 2 bridgehead atoms. The van der Waals surface area contributed by atoms with Gasteiger partial charge in [0.05, 0.1) is 0 Å². The van der Waals surface area contributed by atoms with Gasteiger partial charge in [-0.2, -0.15) is 0 Å². The predicted molar refractivity (Wildman–Crippen MR) is 77.7 cm³/mol. The number of carbonyl (C=O) groups excluding carboxylic acids is 1. The number of aliphatic hydroxyl groups excluding tert-OH is 1. The topological polar surface area (TPSA) is 52.6 Å². The van der Waals surface area contributed by atoms with Gasteiger partial charge in [-0.3, -0.25) is 4.79 Å². The Balaban J connectivity index is 0. The van der Waals surface area contributed by atoms with E-state index in [9.17, 15) is 4.79 Å². The fourth-order valence-electron chi connectivity index (χ4n) is 1.82. The molecule has 0 spiro atoms. The number of nitrogens with zero attached hydrogens (tertiary/aromatic N) is 1. The van der Waals surface area contributed by atoms with Crippen molar-refractivity contribution in [2.24, 2.45) is 0 Å². The van der Waals surface area contributed by atoms with E-state index in [2.05, 4.69) is 19.2 Å². The van der Waals surface area contributed by atoms with Crippen molar-refractivity contribution in [3.05, 3.63) is 0 Å². The highest BCUT2D eigenvalue weighted by molar-refractivity contribution is 5.77. The molecule has 4 nitrogen and oxygen atoms in total. The van der Waals surface area contributed by atoms with Crippen molar-refractivity contribution >= 4 is 5.91 Å². The molecule has 2 N–H and O–H groups in total. The molecule has 3 aliphatic heterocycles. The molecule has 0 radical (unpaired) electrons. The fourth-order valence-corrected chi connectivity index (χ4v) is 1.82. The third kappa shape index (κ3) is 6.97. The summed E-state index contributed by atoms with van der Waals surface area (Å²) in [4.78, 5) is 12.7. The normalized spacial score (nSPS) is 22.9. The van der Waals surface area contributed by atoms with Gasteiger partial charge in [0, 0.05) is 25.2 Å². The van der Waals surface area contributed by atoms with Crippen molar-refractivity contribution in [2.75, 3.05) is 19.7 Å². The summed E-state index contributed by atoms with van der Waals surface area (Å²) >= 11 is 0. The molecule has 0 aromatic carbocycles. The lowest BCUT2D eigenvalue weighted by Gasteiger charge is -2.48. The molecule has 1 amide bonds. The van der Waals surface area contributed by atoms with Gasteiger partial charge in [0.1, 0.15) is 6.61 Å². The van der Waals surface area contributed by atoms with E-state index in [4.69, 9.17) is 5.11 Å². The van der Waals surface area contributed by atoms with Gasteiger partial charge in [-0.15, -0.1) is 0 Å². The monoisotopic (exact) mass is 260 g/mol. The largest absolute Gasteiger partial charge is 0.387 e. The molecule has 3 fully saturated rings. The van der Waals surface area contributed by atoms with Gasteiger partial charge >= 0.3 is 0 Å². The molecule has 3 heterocycles. The Hall–Kier alpha value is -0.610. The number of aliphatic hydroxyl groups is 1. The van der Waals surface area contributed by atoms with Crippen LogP contribution >= 0.6 is 0 Å². The van der Waals surface area contributed by atoms with Crippen LogP contribution in [0, 0.1) is 0 Å². The number of hydrogen-bond acceptors (Lipinski definition) is 3. The molecule has 3 rings (SSSR count). The van der Waals surface area contributed by atoms with E-state index in [0.29, 0.717) is 12.1 Å². The Bertz CT molecular complexity index is 182. The van der Waals surface area contributed by atoms with Gasteiger partial charge in [0.2, 0.25) is 5.91 Å². The van der Waals surface area contributed by atoms with Crippen LogP contribution in [0.4, 0.5) is 0 Å². The Kier molecular flexibility index (Phi) is 14.1. The van der Waals surface area contributed by atoms with E-state index in [-0.39, 0.29) is 12.5 Å². The summed E-state index contributed by atoms with van der Waals surface area (Å²) in [6.45, 7) is 13.4. The zero-order valence-electron chi connectivity index (χ0n) is 13.0. The van der Waals surface area contributed by atoms with Crippen molar-refractivity contribution in [2.45, 2.75) is 66.5 Å². The van der Waals surface area contributed by atoms with Gasteiger partial charge in [-0.25, -0.2) is 0 Å². The summed E-state index contributed by atoms with van der Waals surface area (Å²) in [7, 11) is 0. The maximum atomic E-state index is 11.0. The average Bonchev–Trinajstić information content (AvgIpc) is 2.42. The smallest absolute Gasteiger partial charge is 0.248 e. The SMILES string of the molecule is CC.CC.CCC.O=C(CO)N1CC2CC(C1)N2. The number of rotatable bonds is 1. The first-order valence-corrected chi connectivity index (χ1v) is 7.35. The molecule has 0 saturated carbocycles. The van der Waals surface area contributed by atoms with E-state index in [1.54, 1.807) is 4.90 Å². The van der Waals surface area contributed by atoms with E-state index >= 15 is 0 Å². The summed E-state index contributed by atoms with van der Waals surface area (Å²) in [5.41, 5.74) is 0. The first kappa shape index (κ1) is 19.7. The highest BCUT2D eigenvalue weighted by Gasteiger charge is 2.37. The number of hydrogen-bond donors (Lipinski definition) is 2. The first-order chi connectivity index (χ1) is 8.71. The van der Waals surface area contributed by atoms with Crippen molar-refractivity contribution in [1.29, 1.82) is 0 Å². The van der Waals surface area contributed by atoms with E-state index in [1.807, 2.05) is 27.7 Å². The van der Waals surface area contributed by atoms with E-state index in [1.165, 1.54) is 12.8 Å². The molecule has 18 heavy (non-hydrogen) atoms. The average molecular weight is 260 g/mol. The van der Waals surface area contributed by atoms with Gasteiger partial charge < -0.3 is 15.3 Å². The number of amides is 1. The zero-order chi connectivity index (χ0) is 14.6. The van der Waals surface area contributed by atoms with Crippen molar-refractivity contribution in [3.8, 4) is 0 Å². The van der Waals surface area contributed by atoms with Crippen LogP contribution in [0.25, 0.3) is 0 Å². The molecule has 110 valence electrons. The Morgan fingerprint density at radius 1 is 1.17 bits per heavy atom. The number of fused-ring (bicyclic) bond motifs is 2. The highest BCUT2D eigenvalue weighted by Crippen LogP contribution is 2.20. The van der Waals surface area contributed by atoms with Crippen LogP contribution in [0.15, 0.2) is 0 Å². The molecular formula is C14H32N2O2. The predicted octanol–water partition coefficient (Wildman–Crippen LogP) is 2.02. The minimum absolute atomic E-state index is 0.138. The molecule has 3 saturated heterocycles. The lowest BCUT2D eigenvalue weighted by atomic mass is 9.91. The number of carbonyl (C=O) groups is 1. The molecule has 0 aromatic heterocycles. The highest BCUT2D eigenvalue weighted by atomic mass is 16.3. The maximum absolute atomic E-state index is 11.0. The minimum Gasteiger partial charge on any atom is -0.387 e. The number of piperazine rings is 1. The molecule has 0 aromatic rings. The summed E-state index contributed by atoms with van der Waals surface area (Å²) in [5.74, 6) is -0.138. The van der Waals surface area contributed by atoms with Gasteiger partial charge in [-0.1, -0.05) is 48.0 Å². The zero-order valence-corrected chi connectivity index (χ0v) is 13.0. The number of nitrogens with one attached hydrogen (secondary N) is 1. The minimum atomic E-state index is -0.348. The summed E-state index contributed by atoms with van der Waals surface area (Å²) in [6, 6.07) is 0.980. The second-order valence-corrected chi connectivity index (χ2v) is 3.96. The van der Waals surface area contributed by atoms with Crippen molar-refractivity contribution < 1.29 is 9.90 Å². The molecule has 0 aliphatic carbocycles. The van der Waals surface area contributed by atoms with Gasteiger partial charge in [-0.05, 0) is 6.42 Å². The van der Waals surface area contributed by atoms with Gasteiger partial charge in [0.25, 0.3) is 0 Å². The van der Waals surface area contributed by atoms with Crippen molar-refractivity contribution in [3.63, 3.8) is 0 Å². The molecular weight excluding hydrogens is 228 g/mol. The van der Waals surface area contributed by atoms with Crippen LogP contribution in [-0.4, -0.2) is 47.7 Å². The van der Waals surface area contributed by atoms with E-state index < -0.39 is 0 Å². The Morgan fingerprint density at radius 2 is 1.50 bits per heavy atom. The third-order valence-corrected chi connectivity index (χ3v) is 2.41. The Labute approximate surface area is 113 Å². The van der Waals surface area contributed by atoms with Crippen LogP contribution < -0.4 is 5.32 Å². The fraction of sp³-hybridized carbons (Fsp3) is 0.929. The number of piperidine rings is 1. The molecule has 2 atom stereocenters. The quantitative estimate of drug-likeness (QED) is 0.758. The second kappa shape index (κ2) is 12.8. The standard InChI is InChI=1S/C7H12N2O2.C3H8.2C2H6/c10-4-7(11)9-2-5-1-6(3-9)8-5;1-3-2;2*1-2/h5-6,8,10H,1-4H2;3H2,1-2H3;2*1-2H3. The lowest BCUT2D eigenvalue weighted by Crippen LogP contribution is -2.67. The summed E-state index contributed by atoms with van der Waals surface area (Å²) in [6.07, 6.45) is 2.44. The Morgan fingerprint density at radius 3 is 1.78 bits per heavy atom. The maximum Gasteiger partial charge on any atom is 0.248 e. The van der Waals surface area contributed by atoms with Crippen LogP contribution in [-0.2, 0) is 4.79 Å². The molecule has 3 aliphatic rings. The summed E-state index contributed by atoms with van der Waals surface area (Å²) in [5, 5.41) is 11.9. The van der Waals surface area contributed by atoms with Gasteiger partial charge in [0.15, 0.2) is 0 Å². The lowest BCUT2D eigenvalue weighted by molar-refractivity contribution is -0.138. The third-order valence-electron chi connectivity index (χ3n) is 2.41. The van der Waals surface area contributed by atoms with Crippen LogP contribution in [0.3, 0.4) is 0 Å². The summed E-state index contributed by atoms with van der Waals surface area (Å²) < 4.78 is 0. The second-order valence-electron chi connectivity index (χ2n) is 3.96. The molecule has 2 unspecified atom stereocenters.